The lowest BCUT2D eigenvalue weighted by molar-refractivity contribution is -0.126. The zero-order valence-electron chi connectivity index (χ0n) is 19.4. The molecule has 5 rings (SSSR count). The van der Waals surface area contributed by atoms with Crippen molar-refractivity contribution in [3.8, 4) is 0 Å². The summed E-state index contributed by atoms with van der Waals surface area (Å²) in [6.07, 6.45) is 0.726. The normalized spacial score (nSPS) is 16.5. The second-order valence-electron chi connectivity index (χ2n) is 9.16. The summed E-state index contributed by atoms with van der Waals surface area (Å²) in [5.74, 6) is -0.645. The maximum absolute atomic E-state index is 13.5. The predicted octanol–water partition coefficient (Wildman–Crippen LogP) is 4.14. The van der Waals surface area contributed by atoms with Crippen LogP contribution in [0.3, 0.4) is 0 Å². The molecule has 2 aromatic carbocycles. The van der Waals surface area contributed by atoms with Crippen LogP contribution >= 0.6 is 0 Å². The minimum Gasteiger partial charge on any atom is -0.449 e. The second-order valence-corrected chi connectivity index (χ2v) is 9.16. The average molecular weight is 444 g/mol. The number of carbonyl (C=O) groups is 2. The highest BCUT2D eigenvalue weighted by Gasteiger charge is 2.32. The van der Waals surface area contributed by atoms with Crippen molar-refractivity contribution < 1.29 is 14.3 Å². The van der Waals surface area contributed by atoms with Gasteiger partial charge in [-0.05, 0) is 44.9 Å². The Kier molecular flexibility index (Phi) is 5.62. The number of para-hydroxylation sites is 2. The fraction of sp³-hybridized carbons (Fsp3) is 0.370. The van der Waals surface area contributed by atoms with Gasteiger partial charge in [-0.3, -0.25) is 14.7 Å². The average Bonchev–Trinajstić information content (AvgIpc) is 3.25. The molecule has 1 unspecified atom stereocenters. The van der Waals surface area contributed by atoms with E-state index in [4.69, 9.17) is 9.72 Å². The first-order valence-corrected chi connectivity index (χ1v) is 11.7. The maximum Gasteiger partial charge on any atom is 0.339 e. The molecule has 6 nitrogen and oxygen atoms in total. The van der Waals surface area contributed by atoms with Crippen LogP contribution in [0.25, 0.3) is 10.9 Å². The van der Waals surface area contributed by atoms with Gasteiger partial charge in [0, 0.05) is 54.4 Å². The van der Waals surface area contributed by atoms with Crippen molar-refractivity contribution in [2.45, 2.75) is 52.3 Å². The van der Waals surface area contributed by atoms with Gasteiger partial charge in [-0.1, -0.05) is 36.4 Å². The lowest BCUT2D eigenvalue weighted by Gasteiger charge is -2.32. The standard InChI is InChI=1S/C27H29N3O3/c1-17(2)29-14-13-23-21(16-29)25(20-9-5-6-10-22(20)28-23)27(32)33-18(3)26(31)30-15-12-19-8-4-7-11-24(19)30/h4-11,17-18H,12-16H2,1-3H3. The number of amides is 1. The molecule has 33 heavy (non-hydrogen) atoms. The van der Waals surface area contributed by atoms with E-state index in [1.54, 1.807) is 11.8 Å². The molecule has 0 radical (unpaired) electrons. The Bertz CT molecular complexity index is 1240. The summed E-state index contributed by atoms with van der Waals surface area (Å²) < 4.78 is 5.82. The van der Waals surface area contributed by atoms with Crippen LogP contribution in [0.2, 0.25) is 0 Å². The van der Waals surface area contributed by atoms with Crippen molar-refractivity contribution in [1.82, 2.24) is 9.88 Å². The Labute approximate surface area is 194 Å². The van der Waals surface area contributed by atoms with E-state index in [1.165, 1.54) is 0 Å². The van der Waals surface area contributed by atoms with Crippen molar-refractivity contribution in [2.24, 2.45) is 0 Å². The van der Waals surface area contributed by atoms with Gasteiger partial charge in [-0.2, -0.15) is 0 Å². The summed E-state index contributed by atoms with van der Waals surface area (Å²) in [4.78, 5) is 35.7. The number of hydrogen-bond donors (Lipinski definition) is 0. The van der Waals surface area contributed by atoms with Crippen molar-refractivity contribution in [1.29, 1.82) is 0 Å². The van der Waals surface area contributed by atoms with Crippen molar-refractivity contribution in [3.63, 3.8) is 0 Å². The molecule has 2 aliphatic rings. The summed E-state index contributed by atoms with van der Waals surface area (Å²) in [5, 5.41) is 0.776. The first-order chi connectivity index (χ1) is 15.9. The van der Waals surface area contributed by atoms with Gasteiger partial charge in [0.1, 0.15) is 0 Å². The second kappa shape index (κ2) is 8.60. The van der Waals surface area contributed by atoms with E-state index in [2.05, 4.69) is 18.7 Å². The number of aromatic nitrogens is 1. The number of pyridine rings is 1. The Balaban J connectivity index is 1.46. The van der Waals surface area contributed by atoms with Crippen LogP contribution in [0.15, 0.2) is 48.5 Å². The molecule has 0 aliphatic carbocycles. The fourth-order valence-electron chi connectivity index (χ4n) is 4.94. The number of nitrogens with zero attached hydrogens (tertiary/aromatic N) is 3. The number of rotatable bonds is 4. The quantitative estimate of drug-likeness (QED) is 0.567. The van der Waals surface area contributed by atoms with Gasteiger partial charge in [-0.15, -0.1) is 0 Å². The number of esters is 1. The smallest absolute Gasteiger partial charge is 0.339 e. The topological polar surface area (TPSA) is 62.7 Å². The van der Waals surface area contributed by atoms with Crippen molar-refractivity contribution in [2.75, 3.05) is 18.0 Å². The highest BCUT2D eigenvalue weighted by Crippen LogP contribution is 2.31. The van der Waals surface area contributed by atoms with Gasteiger partial charge in [0.05, 0.1) is 11.1 Å². The lowest BCUT2D eigenvalue weighted by atomic mass is 9.95. The van der Waals surface area contributed by atoms with Crippen LogP contribution < -0.4 is 4.90 Å². The predicted molar refractivity (Wildman–Crippen MR) is 128 cm³/mol. The van der Waals surface area contributed by atoms with Gasteiger partial charge in [-0.25, -0.2) is 4.79 Å². The van der Waals surface area contributed by atoms with Crippen molar-refractivity contribution in [3.05, 3.63) is 70.9 Å². The van der Waals surface area contributed by atoms with Crippen molar-refractivity contribution >= 4 is 28.5 Å². The first-order valence-electron chi connectivity index (χ1n) is 11.7. The van der Waals surface area contributed by atoms with E-state index in [9.17, 15) is 9.59 Å². The Morgan fingerprint density at radius 1 is 0.970 bits per heavy atom. The summed E-state index contributed by atoms with van der Waals surface area (Å²) in [6.45, 7) is 8.15. The van der Waals surface area contributed by atoms with E-state index in [1.807, 2.05) is 48.5 Å². The molecule has 3 aromatic rings. The van der Waals surface area contributed by atoms with Gasteiger partial charge in [0.25, 0.3) is 5.91 Å². The van der Waals surface area contributed by atoms with E-state index in [0.717, 1.165) is 52.8 Å². The van der Waals surface area contributed by atoms with Crippen LogP contribution in [-0.4, -0.2) is 47.0 Å². The molecule has 0 saturated heterocycles. The molecule has 0 spiro atoms. The van der Waals surface area contributed by atoms with Crippen LogP contribution in [-0.2, 0) is 28.9 Å². The fourth-order valence-corrected chi connectivity index (χ4v) is 4.94. The summed E-state index contributed by atoms with van der Waals surface area (Å²) in [5.41, 5.74) is 5.25. The number of ether oxygens (including phenoxy) is 1. The molecule has 170 valence electrons. The van der Waals surface area contributed by atoms with E-state index in [0.29, 0.717) is 24.7 Å². The van der Waals surface area contributed by atoms with E-state index in [-0.39, 0.29) is 5.91 Å². The molecule has 1 aromatic heterocycles. The minimum atomic E-state index is -0.879. The number of fused-ring (bicyclic) bond motifs is 3. The van der Waals surface area contributed by atoms with E-state index < -0.39 is 12.1 Å². The number of anilines is 1. The zero-order chi connectivity index (χ0) is 23.1. The molecule has 1 atom stereocenters. The molecule has 2 aliphatic heterocycles. The third-order valence-electron chi connectivity index (χ3n) is 6.80. The first kappa shape index (κ1) is 21.6. The largest absolute Gasteiger partial charge is 0.449 e. The molecule has 0 N–H and O–H groups in total. The maximum atomic E-state index is 13.5. The van der Waals surface area contributed by atoms with Gasteiger partial charge >= 0.3 is 5.97 Å². The van der Waals surface area contributed by atoms with Crippen LogP contribution in [0.5, 0.6) is 0 Å². The number of carbonyl (C=O) groups excluding carboxylic acids is 2. The third-order valence-corrected chi connectivity index (χ3v) is 6.80. The lowest BCUT2D eigenvalue weighted by Crippen LogP contribution is -2.40. The Hall–Kier alpha value is -3.25. The molecule has 0 bridgehead atoms. The highest BCUT2D eigenvalue weighted by atomic mass is 16.5. The molecule has 6 heteroatoms. The number of hydrogen-bond acceptors (Lipinski definition) is 5. The number of benzene rings is 2. The SMILES string of the molecule is CC(OC(=O)c1c2c(nc3ccccc13)CCN(C(C)C)C2)C(=O)N1CCc2ccccc21. The highest BCUT2D eigenvalue weighted by molar-refractivity contribution is 6.07. The molecule has 0 fully saturated rings. The van der Waals surface area contributed by atoms with Crippen LogP contribution in [0.4, 0.5) is 5.69 Å². The monoisotopic (exact) mass is 443 g/mol. The van der Waals surface area contributed by atoms with Crippen LogP contribution in [0.1, 0.15) is 48.0 Å². The molecule has 3 heterocycles. The molecular formula is C27H29N3O3. The summed E-state index contributed by atoms with van der Waals surface area (Å²) in [6, 6.07) is 15.9. The summed E-state index contributed by atoms with van der Waals surface area (Å²) in [7, 11) is 0. The third kappa shape index (κ3) is 3.89. The van der Waals surface area contributed by atoms with E-state index >= 15 is 0 Å². The van der Waals surface area contributed by atoms with Gasteiger partial charge < -0.3 is 9.64 Å². The Morgan fingerprint density at radius 2 is 1.73 bits per heavy atom. The van der Waals surface area contributed by atoms with Gasteiger partial charge in [0.15, 0.2) is 6.10 Å². The Morgan fingerprint density at radius 3 is 2.55 bits per heavy atom. The van der Waals surface area contributed by atoms with Crippen LogP contribution in [0, 0.1) is 0 Å². The van der Waals surface area contributed by atoms with Gasteiger partial charge in [0.2, 0.25) is 0 Å². The molecular weight excluding hydrogens is 414 g/mol. The molecule has 1 amide bonds. The zero-order valence-corrected chi connectivity index (χ0v) is 19.4. The summed E-state index contributed by atoms with van der Waals surface area (Å²) >= 11 is 0. The molecule has 0 saturated carbocycles. The minimum absolute atomic E-state index is 0.190.